The number of carbonyl (C=O) groups excluding carboxylic acids is 3. The molecule has 2 atom stereocenters. The smallest absolute Gasteiger partial charge is 0.306 e. The van der Waals surface area contributed by atoms with Crippen LogP contribution in [0, 0.1) is 0 Å². The number of carboxylic acid groups (broad SMARTS) is 1. The molecule has 0 amide bonds. The van der Waals surface area contributed by atoms with Crippen molar-refractivity contribution in [3.8, 4) is 0 Å². The van der Waals surface area contributed by atoms with Gasteiger partial charge >= 0.3 is 11.9 Å². The van der Waals surface area contributed by atoms with Crippen LogP contribution in [0.1, 0.15) is 271 Å². The van der Waals surface area contributed by atoms with Crippen molar-refractivity contribution in [2.45, 2.75) is 283 Å². The molecule has 0 heterocycles. The molecule has 0 radical (unpaired) electrons. The first-order valence-corrected chi connectivity index (χ1v) is 40.2. The van der Waals surface area contributed by atoms with E-state index >= 15 is 0 Å². The van der Waals surface area contributed by atoms with Gasteiger partial charge in [-0.15, -0.1) is 0 Å². The van der Waals surface area contributed by atoms with Crippen LogP contribution in [0.3, 0.4) is 0 Å². The van der Waals surface area contributed by atoms with E-state index in [0.29, 0.717) is 23.9 Å². The van der Waals surface area contributed by atoms with Gasteiger partial charge in [0.15, 0.2) is 12.4 Å². The lowest BCUT2D eigenvalue weighted by Gasteiger charge is -2.26. The van der Waals surface area contributed by atoms with Gasteiger partial charge in [-0.05, 0) is 167 Å². The van der Waals surface area contributed by atoms with Crippen molar-refractivity contribution in [1.82, 2.24) is 0 Å². The fraction of sp³-hybridized carbons (Fsp3) is 0.543. The van der Waals surface area contributed by atoms with Gasteiger partial charge < -0.3 is 33.3 Å². The molecule has 0 saturated heterocycles. The van der Waals surface area contributed by atoms with Crippen molar-refractivity contribution in [2.75, 3.05) is 47.5 Å². The molecule has 0 aromatic carbocycles. The van der Waals surface area contributed by atoms with E-state index in [-0.39, 0.29) is 38.6 Å². The first kappa shape index (κ1) is 96.1. The minimum Gasteiger partial charge on any atom is -0.545 e. The normalized spacial score (nSPS) is 14.0. The summed E-state index contributed by atoms with van der Waals surface area (Å²) in [5.41, 5.74) is 0. The Morgan fingerprint density at radius 3 is 0.777 bits per heavy atom. The number of ether oxygens (including phenoxy) is 4. The number of aliphatic carboxylic acids is 1. The Morgan fingerprint density at radius 2 is 0.524 bits per heavy atom. The van der Waals surface area contributed by atoms with E-state index in [2.05, 4.69) is 257 Å². The Morgan fingerprint density at radius 1 is 0.291 bits per heavy atom. The summed E-state index contributed by atoms with van der Waals surface area (Å²) in [5, 5.41) is 11.9. The van der Waals surface area contributed by atoms with Gasteiger partial charge in [0.25, 0.3) is 0 Å². The molecule has 9 heteroatoms. The van der Waals surface area contributed by atoms with Crippen LogP contribution in [0.4, 0.5) is 0 Å². The first-order valence-electron chi connectivity index (χ1n) is 40.2. The maximum Gasteiger partial charge on any atom is 0.306 e. The summed E-state index contributed by atoms with van der Waals surface area (Å²) >= 11 is 0. The number of likely N-dealkylation sites (N-methyl/N-ethyl adjacent to an activating group) is 1. The van der Waals surface area contributed by atoms with E-state index in [0.717, 1.165) is 193 Å². The van der Waals surface area contributed by atoms with Gasteiger partial charge in [-0.2, -0.15) is 0 Å². The topological polar surface area (TPSA) is 111 Å². The highest BCUT2D eigenvalue weighted by Crippen LogP contribution is 2.15. The highest BCUT2D eigenvalue weighted by atomic mass is 16.7. The molecule has 0 rings (SSSR count). The van der Waals surface area contributed by atoms with Crippen LogP contribution < -0.4 is 5.11 Å². The van der Waals surface area contributed by atoms with Gasteiger partial charge in [-0.3, -0.25) is 9.59 Å². The molecular formula is C94H145NO8. The fourth-order valence-electron chi connectivity index (χ4n) is 10.1. The zero-order chi connectivity index (χ0) is 74.6. The van der Waals surface area contributed by atoms with Crippen LogP contribution in [0.2, 0.25) is 0 Å². The van der Waals surface area contributed by atoms with E-state index in [1.165, 1.54) is 38.5 Å². The molecule has 2 unspecified atom stereocenters. The van der Waals surface area contributed by atoms with Gasteiger partial charge in [0, 0.05) is 12.8 Å². The van der Waals surface area contributed by atoms with Gasteiger partial charge in [0.2, 0.25) is 0 Å². The zero-order valence-corrected chi connectivity index (χ0v) is 65.6. The number of esters is 2. The fourth-order valence-corrected chi connectivity index (χ4v) is 10.1. The molecule has 0 bridgehead atoms. The molecule has 574 valence electrons. The highest BCUT2D eigenvalue weighted by molar-refractivity contribution is 5.70. The predicted molar refractivity (Wildman–Crippen MR) is 443 cm³/mol. The number of quaternary nitrogens is 1. The minimum absolute atomic E-state index is 0.131. The van der Waals surface area contributed by atoms with E-state index in [9.17, 15) is 19.5 Å². The summed E-state index contributed by atoms with van der Waals surface area (Å²) in [4.78, 5) is 37.6. The highest BCUT2D eigenvalue weighted by Gasteiger charge is 2.22. The number of rotatable bonds is 71. The Labute approximate surface area is 631 Å². The van der Waals surface area contributed by atoms with Crippen molar-refractivity contribution in [3.05, 3.63) is 243 Å². The molecule has 0 aromatic rings. The molecule has 0 aromatic heterocycles. The maximum atomic E-state index is 13.0. The van der Waals surface area contributed by atoms with Gasteiger partial charge in [0.05, 0.1) is 40.3 Å². The quantitative estimate of drug-likeness (QED) is 0.0195. The number of nitrogens with zero attached hydrogens (tertiary/aromatic N) is 1. The number of hydrogen-bond acceptors (Lipinski definition) is 8. The van der Waals surface area contributed by atoms with Crippen molar-refractivity contribution in [2.24, 2.45) is 0 Å². The third-order valence-electron chi connectivity index (χ3n) is 16.1. The summed E-state index contributed by atoms with van der Waals surface area (Å²) < 4.78 is 22.8. The lowest BCUT2D eigenvalue weighted by molar-refractivity contribution is -0.870. The van der Waals surface area contributed by atoms with Crippen LogP contribution in [-0.2, 0) is 33.3 Å². The summed E-state index contributed by atoms with van der Waals surface area (Å²) in [7, 11) is 5.91. The Hall–Kier alpha value is -6.91. The average molecular weight is 1420 g/mol. The standard InChI is InChI=1S/C94H145NO8/c1-6-8-10-12-14-16-18-20-22-24-26-28-30-32-34-36-38-40-42-44-45-46-47-49-51-53-55-57-59-61-63-65-67-69-71-73-75-77-79-81-83-85-92(97)103-90(89-102-94(93(98)99)100-87-86-95(3,4)5)88-101-91(96)84-82-80-78-76-74-72-70-68-66-64-62-60-58-56-54-52-50-48-43-41-39-37-35-33-31-29-27-25-23-21-19-17-15-13-11-9-7-2/h8-11,14-17,20-23,26-29,32-35,38-41,44-45,47-50,53-56,59-62,66,68,90,94H,6-7,12-13,18-19,24-25,30-31,36-37,42-43,46,51-52,57-58,63-65,67,69-89H2,1-5H3/b10-8-,11-9-,16-14-,17-15-,22-20-,23-21-,28-26-,29-27-,34-32-,35-33-,40-38-,41-39-,45-44-,49-47-,50-48-,55-53-,56-54-,61-59-,62-60-,68-66-. The lowest BCUT2D eigenvalue weighted by Crippen LogP contribution is -2.44. The van der Waals surface area contributed by atoms with E-state index < -0.39 is 24.3 Å². The largest absolute Gasteiger partial charge is 0.545 e. The summed E-state index contributed by atoms with van der Waals surface area (Å²) in [6.45, 7) is 4.47. The monoisotopic (exact) mass is 1420 g/mol. The summed E-state index contributed by atoms with van der Waals surface area (Å²) in [6.07, 6.45) is 127. The molecule has 0 N–H and O–H groups in total. The van der Waals surface area contributed by atoms with Crippen molar-refractivity contribution in [1.29, 1.82) is 0 Å². The Balaban J connectivity index is 4.20. The van der Waals surface area contributed by atoms with Crippen molar-refractivity contribution in [3.63, 3.8) is 0 Å². The molecule has 0 fully saturated rings. The molecule has 0 saturated carbocycles. The van der Waals surface area contributed by atoms with Crippen molar-refractivity contribution < 1.29 is 42.9 Å². The van der Waals surface area contributed by atoms with E-state index in [1.807, 2.05) is 21.1 Å². The zero-order valence-electron chi connectivity index (χ0n) is 65.6. The van der Waals surface area contributed by atoms with E-state index in [4.69, 9.17) is 18.9 Å². The lowest BCUT2D eigenvalue weighted by atomic mass is 10.0. The minimum atomic E-state index is -1.64. The molecular weight excluding hydrogens is 1270 g/mol. The third-order valence-corrected chi connectivity index (χ3v) is 16.1. The molecule has 9 nitrogen and oxygen atoms in total. The molecule has 0 spiro atoms. The van der Waals surface area contributed by atoms with Crippen LogP contribution in [0.5, 0.6) is 0 Å². The summed E-state index contributed by atoms with van der Waals surface area (Å²) in [5.74, 6) is -2.33. The van der Waals surface area contributed by atoms with Crippen LogP contribution >= 0.6 is 0 Å². The number of unbranched alkanes of at least 4 members (excludes halogenated alkanes) is 16. The molecule has 0 aliphatic heterocycles. The SMILES string of the molecule is CC/C=C\C/C=C\C/C=C\C/C=C\C/C=C\C/C=C\C/C=C\C/C=C\C/C=C\C/C=C\CCCCCCCCCCCCC(=O)OC(COC(=O)CCCCCCCC/C=C\C/C=C\C/C=C\C/C=C\C/C=C\C/C=C\C/C=C\C/C=C\C/C=C\C/C=C\CC)COC(OCC[N+](C)(C)C)C(=O)[O-]. The van der Waals surface area contributed by atoms with Crippen LogP contribution in [-0.4, -0.2) is 82.3 Å². The number of carbonyl (C=O) groups is 3. The third kappa shape index (κ3) is 82.3. The van der Waals surface area contributed by atoms with Gasteiger partial charge in [-0.25, -0.2) is 0 Å². The molecule has 103 heavy (non-hydrogen) atoms. The summed E-state index contributed by atoms with van der Waals surface area (Å²) in [6, 6.07) is 0. The van der Waals surface area contributed by atoms with E-state index in [1.54, 1.807) is 0 Å². The number of hydrogen-bond donors (Lipinski definition) is 0. The molecule has 0 aliphatic carbocycles. The first-order chi connectivity index (χ1) is 50.6. The van der Waals surface area contributed by atoms with Gasteiger partial charge in [0.1, 0.15) is 13.2 Å². The van der Waals surface area contributed by atoms with Crippen LogP contribution in [0.25, 0.3) is 0 Å². The second-order valence-corrected chi connectivity index (χ2v) is 26.9. The average Bonchev–Trinajstić information content (AvgIpc) is 1.01. The Kier molecular flexibility index (Phi) is 75.4. The van der Waals surface area contributed by atoms with Crippen LogP contribution in [0.15, 0.2) is 243 Å². The Bertz CT molecular complexity index is 2610. The maximum absolute atomic E-state index is 13.0. The second-order valence-electron chi connectivity index (χ2n) is 26.9. The van der Waals surface area contributed by atoms with Crippen molar-refractivity contribution >= 4 is 17.9 Å². The second kappa shape index (κ2) is 80.8. The number of carboxylic acids is 1. The predicted octanol–water partition coefficient (Wildman–Crippen LogP) is 25.0. The molecule has 0 aliphatic rings. The number of allylic oxidation sites excluding steroid dienone is 40. The van der Waals surface area contributed by atoms with Gasteiger partial charge in [-0.1, -0.05) is 334 Å².